The third-order valence-corrected chi connectivity index (χ3v) is 3.47. The summed E-state index contributed by atoms with van der Waals surface area (Å²) in [5, 5.41) is 10.9. The Morgan fingerprint density at radius 2 is 1.77 bits per heavy atom. The molecular formula is C8H10FNO2Si. The van der Waals surface area contributed by atoms with E-state index in [2.05, 4.69) is 0 Å². The predicted molar refractivity (Wildman–Crippen MR) is 51.3 cm³/mol. The number of hydrogen-bond donors (Lipinski definition) is 0. The number of nitro benzene ring substituents is 1. The summed E-state index contributed by atoms with van der Waals surface area (Å²) in [5.41, 5.74) is 0.00185. The molecule has 0 radical (unpaired) electrons. The van der Waals surface area contributed by atoms with E-state index in [0.717, 1.165) is 0 Å². The zero-order chi connectivity index (χ0) is 10.1. The molecule has 0 aliphatic heterocycles. The van der Waals surface area contributed by atoms with Gasteiger partial charge in [0.25, 0.3) is 14.1 Å². The van der Waals surface area contributed by atoms with Crippen molar-refractivity contribution in [3.05, 3.63) is 34.4 Å². The second kappa shape index (κ2) is 3.25. The molecule has 3 nitrogen and oxygen atoms in total. The maximum Gasteiger partial charge on any atom is 0.271 e. The molecule has 1 rings (SSSR count). The van der Waals surface area contributed by atoms with Crippen LogP contribution >= 0.6 is 0 Å². The first-order valence-electron chi connectivity index (χ1n) is 3.85. The van der Waals surface area contributed by atoms with Crippen LogP contribution < -0.4 is 5.19 Å². The molecule has 0 atom stereocenters. The fourth-order valence-electron chi connectivity index (χ4n) is 0.979. The molecule has 1 aromatic carbocycles. The number of nitro groups is 1. The van der Waals surface area contributed by atoms with Crippen LogP contribution in [0.15, 0.2) is 24.3 Å². The van der Waals surface area contributed by atoms with Crippen molar-refractivity contribution in [3.63, 3.8) is 0 Å². The monoisotopic (exact) mass is 199 g/mol. The quantitative estimate of drug-likeness (QED) is 0.316. The summed E-state index contributed by atoms with van der Waals surface area (Å²) in [6, 6.07) is 5.65. The summed E-state index contributed by atoms with van der Waals surface area (Å²) in [6.45, 7) is 3.10. The molecule has 0 N–H and O–H groups in total. The maximum atomic E-state index is 13.4. The summed E-state index contributed by atoms with van der Waals surface area (Å²) in [6.07, 6.45) is 0. The van der Waals surface area contributed by atoms with Gasteiger partial charge in [0.15, 0.2) is 0 Å². The first-order chi connectivity index (χ1) is 5.91. The van der Waals surface area contributed by atoms with E-state index in [1.807, 2.05) is 0 Å². The molecule has 0 heterocycles. The van der Waals surface area contributed by atoms with Gasteiger partial charge in [-0.15, -0.1) is 0 Å². The van der Waals surface area contributed by atoms with Crippen molar-refractivity contribution in [2.24, 2.45) is 0 Å². The number of nitrogens with zero attached hydrogens (tertiary/aromatic N) is 1. The second-order valence-corrected chi connectivity index (χ2v) is 6.80. The van der Waals surface area contributed by atoms with Gasteiger partial charge in [-0.2, -0.15) is 0 Å². The van der Waals surface area contributed by atoms with Crippen molar-refractivity contribution in [3.8, 4) is 0 Å². The van der Waals surface area contributed by atoms with Gasteiger partial charge in [0.05, 0.1) is 4.92 Å². The molecule has 0 aliphatic rings. The minimum Gasteiger partial charge on any atom is -0.308 e. The van der Waals surface area contributed by atoms with Crippen molar-refractivity contribution >= 4 is 19.3 Å². The summed E-state index contributed by atoms with van der Waals surface area (Å²) < 4.78 is 13.4. The highest BCUT2D eigenvalue weighted by atomic mass is 28.4. The highest BCUT2D eigenvalue weighted by molar-refractivity contribution is 6.83. The Morgan fingerprint density at radius 3 is 2.08 bits per heavy atom. The number of rotatable bonds is 2. The topological polar surface area (TPSA) is 43.1 Å². The van der Waals surface area contributed by atoms with Crippen molar-refractivity contribution in [2.75, 3.05) is 0 Å². The van der Waals surface area contributed by atoms with Crippen LogP contribution in [0.25, 0.3) is 0 Å². The van der Waals surface area contributed by atoms with E-state index in [0.29, 0.717) is 5.19 Å². The van der Waals surface area contributed by atoms with Crippen LogP contribution in [0.4, 0.5) is 9.80 Å². The van der Waals surface area contributed by atoms with E-state index in [9.17, 15) is 14.2 Å². The molecule has 0 aromatic heterocycles. The lowest BCUT2D eigenvalue weighted by Gasteiger charge is -2.09. The lowest BCUT2D eigenvalue weighted by Crippen LogP contribution is -2.35. The average Bonchev–Trinajstić information content (AvgIpc) is 2.03. The summed E-state index contributed by atoms with van der Waals surface area (Å²) in [5.74, 6) is 0. The van der Waals surface area contributed by atoms with Gasteiger partial charge in [-0.3, -0.25) is 10.1 Å². The molecule has 0 aliphatic carbocycles. The van der Waals surface area contributed by atoms with Gasteiger partial charge in [0, 0.05) is 12.1 Å². The minimum absolute atomic E-state index is 0.00185. The number of halogens is 1. The molecule has 0 amide bonds. The minimum atomic E-state index is -2.81. The van der Waals surface area contributed by atoms with Gasteiger partial charge >= 0.3 is 0 Å². The number of benzene rings is 1. The third kappa shape index (κ3) is 2.35. The largest absolute Gasteiger partial charge is 0.308 e. The molecule has 0 spiro atoms. The van der Waals surface area contributed by atoms with Crippen molar-refractivity contribution in [1.82, 2.24) is 0 Å². The SMILES string of the molecule is C[Si](C)(F)c1ccc([N+](=O)[O-])cc1. The predicted octanol–water partition coefficient (Wildman–Crippen LogP) is 1.98. The zero-order valence-corrected chi connectivity index (χ0v) is 8.45. The van der Waals surface area contributed by atoms with Gasteiger partial charge in [0.2, 0.25) is 0 Å². The van der Waals surface area contributed by atoms with Crippen molar-refractivity contribution in [1.29, 1.82) is 0 Å². The molecule has 0 saturated heterocycles. The summed E-state index contributed by atoms with van der Waals surface area (Å²) in [7, 11) is -2.81. The Morgan fingerprint density at radius 1 is 1.31 bits per heavy atom. The molecule has 0 saturated carbocycles. The van der Waals surface area contributed by atoms with Crippen LogP contribution in [0.3, 0.4) is 0 Å². The van der Waals surface area contributed by atoms with E-state index in [4.69, 9.17) is 0 Å². The van der Waals surface area contributed by atoms with E-state index >= 15 is 0 Å². The Kier molecular flexibility index (Phi) is 2.47. The van der Waals surface area contributed by atoms with E-state index < -0.39 is 13.3 Å². The van der Waals surface area contributed by atoms with Crippen molar-refractivity contribution < 1.29 is 9.03 Å². The van der Waals surface area contributed by atoms with Crippen LogP contribution in [-0.4, -0.2) is 13.3 Å². The fraction of sp³-hybridized carbons (Fsp3) is 0.250. The molecule has 0 fully saturated rings. The van der Waals surface area contributed by atoms with Crippen LogP contribution in [0.1, 0.15) is 0 Å². The van der Waals surface area contributed by atoms with Crippen molar-refractivity contribution in [2.45, 2.75) is 13.1 Å². The molecular weight excluding hydrogens is 189 g/mol. The Balaban J connectivity index is 3.01. The smallest absolute Gasteiger partial charge is 0.271 e. The van der Waals surface area contributed by atoms with Crippen LogP contribution in [0.5, 0.6) is 0 Å². The molecule has 0 unspecified atom stereocenters. The molecule has 5 heteroatoms. The third-order valence-electron chi connectivity index (χ3n) is 1.76. The summed E-state index contributed by atoms with van der Waals surface area (Å²) >= 11 is 0. The maximum absolute atomic E-state index is 13.4. The fourth-order valence-corrected chi connectivity index (χ4v) is 1.94. The number of hydrogen-bond acceptors (Lipinski definition) is 2. The Labute approximate surface area is 76.5 Å². The standard InChI is InChI=1S/C8H10FNO2Si/c1-13(2,9)8-5-3-7(4-6-8)10(11)12/h3-6H,1-2H3. The molecule has 1 aromatic rings. The van der Waals surface area contributed by atoms with Crippen LogP contribution in [0, 0.1) is 10.1 Å². The van der Waals surface area contributed by atoms with Crippen LogP contribution in [-0.2, 0) is 0 Å². The lowest BCUT2D eigenvalue weighted by atomic mass is 10.3. The molecule has 70 valence electrons. The molecule has 13 heavy (non-hydrogen) atoms. The zero-order valence-electron chi connectivity index (χ0n) is 7.45. The van der Waals surface area contributed by atoms with Gasteiger partial charge in [-0.1, -0.05) is 12.1 Å². The average molecular weight is 199 g/mol. The van der Waals surface area contributed by atoms with Crippen LogP contribution in [0.2, 0.25) is 13.1 Å². The van der Waals surface area contributed by atoms with E-state index in [-0.39, 0.29) is 5.69 Å². The van der Waals surface area contributed by atoms with Gasteiger partial charge in [-0.25, -0.2) is 0 Å². The summed E-state index contributed by atoms with van der Waals surface area (Å²) in [4.78, 5) is 9.80. The first kappa shape index (κ1) is 9.85. The van der Waals surface area contributed by atoms with E-state index in [1.54, 1.807) is 13.1 Å². The first-order valence-corrected chi connectivity index (χ1v) is 6.73. The normalized spacial score (nSPS) is 11.3. The van der Waals surface area contributed by atoms with Gasteiger partial charge < -0.3 is 4.11 Å². The molecule has 0 bridgehead atoms. The van der Waals surface area contributed by atoms with Gasteiger partial charge in [0.1, 0.15) is 0 Å². The highest BCUT2D eigenvalue weighted by Gasteiger charge is 2.23. The van der Waals surface area contributed by atoms with E-state index in [1.165, 1.54) is 24.3 Å². The van der Waals surface area contributed by atoms with Gasteiger partial charge in [-0.05, 0) is 18.3 Å². The Bertz CT molecular complexity index is 318. The second-order valence-electron chi connectivity index (χ2n) is 3.28. The number of non-ortho nitro benzene ring substituents is 1. The Hall–Kier alpha value is -1.23. The highest BCUT2D eigenvalue weighted by Crippen LogP contribution is 2.10. The lowest BCUT2D eigenvalue weighted by molar-refractivity contribution is -0.384.